The van der Waals surface area contributed by atoms with Crippen LogP contribution in [0.1, 0.15) is 11.1 Å². The van der Waals surface area contributed by atoms with Gasteiger partial charge in [0.1, 0.15) is 12.1 Å². The van der Waals surface area contributed by atoms with Crippen LogP contribution < -0.4 is 4.90 Å². The summed E-state index contributed by atoms with van der Waals surface area (Å²) in [5.41, 5.74) is 2.81. The molecule has 1 aliphatic heterocycles. The first-order chi connectivity index (χ1) is 9.83. The highest BCUT2D eigenvalue weighted by Gasteiger charge is 2.18. The van der Waals surface area contributed by atoms with Crippen LogP contribution >= 0.6 is 0 Å². The van der Waals surface area contributed by atoms with Gasteiger partial charge in [0.15, 0.2) is 0 Å². The summed E-state index contributed by atoms with van der Waals surface area (Å²) in [4.78, 5) is 13.1. The van der Waals surface area contributed by atoms with Crippen LogP contribution in [0, 0.1) is 6.92 Å². The Balaban J connectivity index is 1.58. The molecule has 104 valence electrons. The summed E-state index contributed by atoms with van der Waals surface area (Å²) in [6.45, 7) is 7.46. The summed E-state index contributed by atoms with van der Waals surface area (Å²) in [5.74, 6) is 1.04. The largest absolute Gasteiger partial charge is 0.354 e. The van der Waals surface area contributed by atoms with E-state index in [1.54, 1.807) is 6.33 Å². The van der Waals surface area contributed by atoms with Crippen LogP contribution in [0.5, 0.6) is 0 Å². The molecule has 0 unspecified atom stereocenters. The fourth-order valence-corrected chi connectivity index (χ4v) is 2.63. The lowest BCUT2D eigenvalue weighted by molar-refractivity contribution is 0.249. The molecule has 1 aliphatic rings. The zero-order valence-electron chi connectivity index (χ0n) is 11.9. The highest BCUT2D eigenvalue weighted by atomic mass is 15.3. The molecule has 0 N–H and O–H groups in total. The van der Waals surface area contributed by atoms with Crippen LogP contribution in [0.3, 0.4) is 0 Å². The Bertz CT molecular complexity index is 547. The van der Waals surface area contributed by atoms with E-state index in [1.165, 1.54) is 11.1 Å². The number of aromatic nitrogens is 2. The minimum atomic E-state index is 1.03. The third kappa shape index (κ3) is 2.96. The summed E-state index contributed by atoms with van der Waals surface area (Å²) in [6.07, 6.45) is 3.43. The molecule has 1 aromatic heterocycles. The van der Waals surface area contributed by atoms with E-state index in [0.29, 0.717) is 0 Å². The molecule has 1 saturated heterocycles. The molecular weight excluding hydrogens is 248 g/mol. The Morgan fingerprint density at radius 3 is 2.55 bits per heavy atom. The van der Waals surface area contributed by atoms with E-state index in [4.69, 9.17) is 0 Å². The van der Waals surface area contributed by atoms with Crippen molar-refractivity contribution in [1.82, 2.24) is 14.9 Å². The summed E-state index contributed by atoms with van der Waals surface area (Å²) in [5, 5.41) is 0. The lowest BCUT2D eigenvalue weighted by Crippen LogP contribution is -2.46. The van der Waals surface area contributed by atoms with Crippen molar-refractivity contribution in [2.45, 2.75) is 13.5 Å². The van der Waals surface area contributed by atoms with E-state index in [0.717, 1.165) is 38.5 Å². The van der Waals surface area contributed by atoms with Crippen LogP contribution in [-0.4, -0.2) is 41.0 Å². The SMILES string of the molecule is Cc1ccccc1CN1CCN(c2ccncn2)CC1. The predicted molar refractivity (Wildman–Crippen MR) is 80.7 cm³/mol. The van der Waals surface area contributed by atoms with Gasteiger partial charge < -0.3 is 4.90 Å². The van der Waals surface area contributed by atoms with Gasteiger partial charge in [0.25, 0.3) is 0 Å². The molecule has 0 saturated carbocycles. The summed E-state index contributed by atoms with van der Waals surface area (Å²) < 4.78 is 0. The third-order valence-electron chi connectivity index (χ3n) is 3.92. The maximum atomic E-state index is 4.32. The van der Waals surface area contributed by atoms with Gasteiger partial charge in [0, 0.05) is 38.9 Å². The molecule has 4 nitrogen and oxygen atoms in total. The van der Waals surface area contributed by atoms with Crippen LogP contribution in [0.4, 0.5) is 5.82 Å². The molecule has 1 fully saturated rings. The monoisotopic (exact) mass is 268 g/mol. The van der Waals surface area contributed by atoms with Crippen molar-refractivity contribution in [3.8, 4) is 0 Å². The van der Waals surface area contributed by atoms with Crippen molar-refractivity contribution in [1.29, 1.82) is 0 Å². The number of hydrogen-bond donors (Lipinski definition) is 0. The Morgan fingerprint density at radius 2 is 1.85 bits per heavy atom. The maximum Gasteiger partial charge on any atom is 0.131 e. The number of rotatable bonds is 3. The molecule has 4 heteroatoms. The first-order valence-electron chi connectivity index (χ1n) is 7.11. The molecule has 0 atom stereocenters. The Kier molecular flexibility index (Phi) is 3.92. The Morgan fingerprint density at radius 1 is 1.05 bits per heavy atom. The van der Waals surface area contributed by atoms with Gasteiger partial charge in [-0.1, -0.05) is 24.3 Å². The molecule has 20 heavy (non-hydrogen) atoms. The lowest BCUT2D eigenvalue weighted by Gasteiger charge is -2.35. The summed E-state index contributed by atoms with van der Waals surface area (Å²) in [7, 11) is 0. The van der Waals surface area contributed by atoms with Crippen molar-refractivity contribution in [3.05, 3.63) is 54.0 Å². The van der Waals surface area contributed by atoms with Crippen molar-refractivity contribution >= 4 is 5.82 Å². The van der Waals surface area contributed by atoms with Crippen LogP contribution in [-0.2, 0) is 6.54 Å². The fourth-order valence-electron chi connectivity index (χ4n) is 2.63. The molecule has 1 aromatic carbocycles. The predicted octanol–water partition coefficient (Wildman–Crippen LogP) is 2.11. The molecule has 0 spiro atoms. The quantitative estimate of drug-likeness (QED) is 0.853. The first kappa shape index (κ1) is 13.1. The van der Waals surface area contributed by atoms with Gasteiger partial charge in [0.2, 0.25) is 0 Å². The fraction of sp³-hybridized carbons (Fsp3) is 0.375. The number of nitrogens with zero attached hydrogens (tertiary/aromatic N) is 4. The third-order valence-corrected chi connectivity index (χ3v) is 3.92. The highest BCUT2D eigenvalue weighted by Crippen LogP contribution is 2.15. The van der Waals surface area contributed by atoms with Crippen molar-refractivity contribution in [2.75, 3.05) is 31.1 Å². The van der Waals surface area contributed by atoms with Gasteiger partial charge in [-0.15, -0.1) is 0 Å². The van der Waals surface area contributed by atoms with E-state index >= 15 is 0 Å². The molecule has 0 radical (unpaired) electrons. The van der Waals surface area contributed by atoms with E-state index in [2.05, 4.69) is 51.0 Å². The average Bonchev–Trinajstić information content (AvgIpc) is 2.51. The van der Waals surface area contributed by atoms with Gasteiger partial charge in [-0.3, -0.25) is 4.90 Å². The second-order valence-corrected chi connectivity index (χ2v) is 5.26. The van der Waals surface area contributed by atoms with Crippen molar-refractivity contribution in [3.63, 3.8) is 0 Å². The Hall–Kier alpha value is -1.94. The van der Waals surface area contributed by atoms with Crippen LogP contribution in [0.2, 0.25) is 0 Å². The van der Waals surface area contributed by atoms with Crippen LogP contribution in [0.15, 0.2) is 42.9 Å². The molecule has 0 amide bonds. The highest BCUT2D eigenvalue weighted by molar-refractivity contribution is 5.37. The van der Waals surface area contributed by atoms with Crippen LogP contribution in [0.25, 0.3) is 0 Å². The number of hydrogen-bond acceptors (Lipinski definition) is 4. The summed E-state index contributed by atoms with van der Waals surface area (Å²) in [6, 6.07) is 10.6. The standard InChI is InChI=1S/C16H20N4/c1-14-4-2-3-5-15(14)12-19-8-10-20(11-9-19)16-6-7-17-13-18-16/h2-7,13H,8-12H2,1H3. The lowest BCUT2D eigenvalue weighted by atomic mass is 10.1. The first-order valence-corrected chi connectivity index (χ1v) is 7.11. The van der Waals surface area contributed by atoms with Gasteiger partial charge in [-0.2, -0.15) is 0 Å². The van der Waals surface area contributed by atoms with Gasteiger partial charge >= 0.3 is 0 Å². The zero-order valence-corrected chi connectivity index (χ0v) is 11.9. The normalized spacial score (nSPS) is 16.4. The minimum Gasteiger partial charge on any atom is -0.354 e. The molecule has 2 heterocycles. The van der Waals surface area contributed by atoms with E-state index in [-0.39, 0.29) is 0 Å². The average molecular weight is 268 g/mol. The van der Waals surface area contributed by atoms with E-state index in [1.807, 2.05) is 12.3 Å². The zero-order chi connectivity index (χ0) is 13.8. The number of anilines is 1. The molecule has 0 aliphatic carbocycles. The molecule has 3 rings (SSSR count). The van der Waals surface area contributed by atoms with Gasteiger partial charge in [-0.25, -0.2) is 9.97 Å². The number of aryl methyl sites for hydroxylation is 1. The minimum absolute atomic E-state index is 1.03. The molecular formula is C16H20N4. The number of benzene rings is 1. The van der Waals surface area contributed by atoms with Crippen molar-refractivity contribution < 1.29 is 0 Å². The maximum absolute atomic E-state index is 4.32. The second-order valence-electron chi connectivity index (χ2n) is 5.26. The number of piperazine rings is 1. The van der Waals surface area contributed by atoms with E-state index in [9.17, 15) is 0 Å². The van der Waals surface area contributed by atoms with E-state index < -0.39 is 0 Å². The topological polar surface area (TPSA) is 32.3 Å². The van der Waals surface area contributed by atoms with Gasteiger partial charge in [-0.05, 0) is 24.1 Å². The van der Waals surface area contributed by atoms with Crippen molar-refractivity contribution in [2.24, 2.45) is 0 Å². The smallest absolute Gasteiger partial charge is 0.131 e. The second kappa shape index (κ2) is 6.01. The Labute approximate surface area is 120 Å². The summed E-state index contributed by atoms with van der Waals surface area (Å²) >= 11 is 0. The van der Waals surface area contributed by atoms with Gasteiger partial charge in [0.05, 0.1) is 0 Å². The molecule has 0 bridgehead atoms. The molecule has 2 aromatic rings.